The Hall–Kier alpha value is -3.31. The minimum atomic E-state index is -0.454. The van der Waals surface area contributed by atoms with Gasteiger partial charge in [0.25, 0.3) is 5.56 Å². The molecule has 8 heteroatoms. The number of nitrogens with one attached hydrogen (secondary N) is 2. The molecule has 0 spiro atoms. The van der Waals surface area contributed by atoms with E-state index >= 15 is 0 Å². The van der Waals surface area contributed by atoms with E-state index in [0.29, 0.717) is 28.5 Å². The van der Waals surface area contributed by atoms with Crippen molar-refractivity contribution in [3.8, 4) is 11.8 Å². The van der Waals surface area contributed by atoms with Crippen molar-refractivity contribution < 1.29 is 4.79 Å². The zero-order valence-electron chi connectivity index (χ0n) is 15.5. The molecule has 0 aliphatic heterocycles. The summed E-state index contributed by atoms with van der Waals surface area (Å²) < 4.78 is 1.36. The maximum Gasteiger partial charge on any atom is 0.273 e. The lowest BCUT2D eigenvalue weighted by molar-refractivity contribution is -0.115. The van der Waals surface area contributed by atoms with Gasteiger partial charge in [0.05, 0.1) is 16.5 Å². The van der Waals surface area contributed by atoms with Crippen molar-refractivity contribution in [3.05, 3.63) is 70.1 Å². The second-order valence-electron chi connectivity index (χ2n) is 6.10. The first-order valence-electron chi connectivity index (χ1n) is 8.74. The molecule has 0 aliphatic carbocycles. The zero-order valence-corrected chi connectivity index (χ0v) is 16.3. The molecule has 2 aromatic heterocycles. The van der Waals surface area contributed by atoms with Crippen LogP contribution in [0.25, 0.3) is 5.69 Å². The van der Waals surface area contributed by atoms with Crippen LogP contribution in [0.3, 0.4) is 0 Å². The summed E-state index contributed by atoms with van der Waals surface area (Å²) in [5.41, 5.74) is 1.62. The fourth-order valence-electron chi connectivity index (χ4n) is 2.61. The van der Waals surface area contributed by atoms with Crippen molar-refractivity contribution in [2.24, 2.45) is 0 Å². The van der Waals surface area contributed by atoms with E-state index in [1.165, 1.54) is 22.5 Å². The van der Waals surface area contributed by atoms with E-state index in [1.54, 1.807) is 24.3 Å². The molecule has 3 aromatic rings. The van der Waals surface area contributed by atoms with Crippen LogP contribution >= 0.6 is 11.8 Å². The molecule has 1 atom stereocenters. The molecule has 1 unspecified atom stereocenters. The van der Waals surface area contributed by atoms with Crippen LogP contribution in [0.4, 0.5) is 5.82 Å². The van der Waals surface area contributed by atoms with Crippen molar-refractivity contribution >= 4 is 23.5 Å². The minimum Gasteiger partial charge on any atom is -0.310 e. The van der Waals surface area contributed by atoms with Gasteiger partial charge >= 0.3 is 0 Å². The Bertz CT molecular complexity index is 1080. The fourth-order valence-corrected chi connectivity index (χ4v) is 3.65. The molecule has 0 saturated carbocycles. The SMILES string of the molecule is CCC(Sc1nc(C)ccc1C#N)C(=O)Nc1cc(=O)n(-c2ccccc2)[nH]1. The van der Waals surface area contributed by atoms with E-state index < -0.39 is 5.25 Å². The normalized spacial score (nSPS) is 11.6. The number of benzene rings is 1. The maximum absolute atomic E-state index is 12.7. The highest BCUT2D eigenvalue weighted by Crippen LogP contribution is 2.27. The van der Waals surface area contributed by atoms with Gasteiger partial charge in [-0.1, -0.05) is 36.9 Å². The lowest BCUT2D eigenvalue weighted by Gasteiger charge is -2.14. The number of aromatic amines is 1. The fraction of sp³-hybridized carbons (Fsp3) is 0.200. The molecule has 2 heterocycles. The summed E-state index contributed by atoms with van der Waals surface area (Å²) in [6.45, 7) is 3.72. The Kier molecular flexibility index (Phi) is 5.96. The second-order valence-corrected chi connectivity index (χ2v) is 7.29. The molecule has 0 fully saturated rings. The lowest BCUT2D eigenvalue weighted by atomic mass is 10.3. The van der Waals surface area contributed by atoms with Crippen LogP contribution in [0.2, 0.25) is 0 Å². The predicted octanol–water partition coefficient (Wildman–Crippen LogP) is 3.25. The van der Waals surface area contributed by atoms with E-state index in [2.05, 4.69) is 21.5 Å². The zero-order chi connectivity index (χ0) is 20.1. The first kappa shape index (κ1) is 19.5. The highest BCUT2D eigenvalue weighted by Gasteiger charge is 2.21. The van der Waals surface area contributed by atoms with Crippen molar-refractivity contribution in [1.82, 2.24) is 14.8 Å². The highest BCUT2D eigenvalue weighted by atomic mass is 32.2. The molecular formula is C20H19N5O2S. The Morgan fingerprint density at radius 3 is 2.75 bits per heavy atom. The van der Waals surface area contributed by atoms with Gasteiger partial charge in [0, 0.05) is 11.8 Å². The van der Waals surface area contributed by atoms with Gasteiger partial charge in [0.2, 0.25) is 5.91 Å². The average Bonchev–Trinajstić information content (AvgIpc) is 3.06. The van der Waals surface area contributed by atoms with Gasteiger partial charge in [-0.25, -0.2) is 9.67 Å². The summed E-state index contributed by atoms with van der Waals surface area (Å²) in [4.78, 5) is 29.3. The number of aryl methyl sites for hydroxylation is 1. The van der Waals surface area contributed by atoms with Crippen LogP contribution in [0.1, 0.15) is 24.6 Å². The second kappa shape index (κ2) is 8.59. The highest BCUT2D eigenvalue weighted by molar-refractivity contribution is 8.00. The van der Waals surface area contributed by atoms with Gasteiger partial charge in [-0.2, -0.15) is 5.26 Å². The summed E-state index contributed by atoms with van der Waals surface area (Å²) in [6.07, 6.45) is 0.542. The van der Waals surface area contributed by atoms with Crippen molar-refractivity contribution in [3.63, 3.8) is 0 Å². The molecule has 0 saturated heterocycles. The third-order valence-electron chi connectivity index (χ3n) is 4.03. The third kappa shape index (κ3) is 4.32. The van der Waals surface area contributed by atoms with E-state index in [-0.39, 0.29) is 11.5 Å². The number of anilines is 1. The van der Waals surface area contributed by atoms with Gasteiger partial charge in [-0.05, 0) is 37.6 Å². The summed E-state index contributed by atoms with van der Waals surface area (Å²) in [7, 11) is 0. The summed E-state index contributed by atoms with van der Waals surface area (Å²) in [5, 5.41) is 15.0. The largest absolute Gasteiger partial charge is 0.310 e. The molecule has 1 aromatic carbocycles. The van der Waals surface area contributed by atoms with E-state index in [4.69, 9.17) is 0 Å². The smallest absolute Gasteiger partial charge is 0.273 e. The number of hydrogen-bond acceptors (Lipinski definition) is 5. The van der Waals surface area contributed by atoms with Gasteiger partial charge in [0.15, 0.2) is 0 Å². The van der Waals surface area contributed by atoms with Gasteiger partial charge in [-0.15, -0.1) is 0 Å². The first-order valence-corrected chi connectivity index (χ1v) is 9.62. The predicted molar refractivity (Wildman–Crippen MR) is 109 cm³/mol. The molecule has 7 nitrogen and oxygen atoms in total. The molecule has 2 N–H and O–H groups in total. The number of carbonyl (C=O) groups is 1. The number of amides is 1. The van der Waals surface area contributed by atoms with Crippen molar-refractivity contribution in [1.29, 1.82) is 5.26 Å². The molecule has 28 heavy (non-hydrogen) atoms. The molecule has 142 valence electrons. The number of nitrogens with zero attached hydrogens (tertiary/aromatic N) is 3. The van der Waals surface area contributed by atoms with Crippen molar-refractivity contribution in [2.45, 2.75) is 30.5 Å². The number of para-hydroxylation sites is 1. The Labute approximate surface area is 166 Å². The molecule has 1 amide bonds. The Morgan fingerprint density at radius 1 is 1.32 bits per heavy atom. The number of rotatable bonds is 6. The first-order chi connectivity index (χ1) is 13.5. The summed E-state index contributed by atoms with van der Waals surface area (Å²) in [5.74, 6) is 0.0526. The van der Waals surface area contributed by atoms with Gasteiger partial charge in [-0.3, -0.25) is 14.7 Å². The summed E-state index contributed by atoms with van der Waals surface area (Å²) >= 11 is 1.24. The number of pyridine rings is 1. The number of H-pyrrole nitrogens is 1. The maximum atomic E-state index is 12.7. The molecule has 0 aliphatic rings. The lowest BCUT2D eigenvalue weighted by Crippen LogP contribution is -2.25. The number of carbonyl (C=O) groups excluding carboxylic acids is 1. The Balaban J connectivity index is 1.78. The van der Waals surface area contributed by atoms with Crippen LogP contribution in [-0.2, 0) is 4.79 Å². The average molecular weight is 393 g/mol. The number of nitriles is 1. The number of thioether (sulfide) groups is 1. The monoisotopic (exact) mass is 393 g/mol. The van der Waals surface area contributed by atoms with Gasteiger partial charge in [0.1, 0.15) is 16.9 Å². The molecule has 0 bridgehead atoms. The van der Waals surface area contributed by atoms with Crippen LogP contribution in [0, 0.1) is 18.3 Å². The van der Waals surface area contributed by atoms with E-state index in [0.717, 1.165) is 5.69 Å². The Morgan fingerprint density at radius 2 is 2.07 bits per heavy atom. The van der Waals surface area contributed by atoms with Gasteiger partial charge < -0.3 is 5.32 Å². The summed E-state index contributed by atoms with van der Waals surface area (Å²) in [6, 6.07) is 16.0. The number of aromatic nitrogens is 3. The quantitative estimate of drug-likeness (QED) is 0.626. The molecular weight excluding hydrogens is 374 g/mol. The van der Waals surface area contributed by atoms with E-state index in [1.807, 2.05) is 32.0 Å². The van der Waals surface area contributed by atoms with Crippen LogP contribution in [-0.4, -0.2) is 25.9 Å². The molecule has 0 radical (unpaired) electrons. The minimum absolute atomic E-state index is 0.263. The van der Waals surface area contributed by atoms with Crippen LogP contribution in [0.5, 0.6) is 0 Å². The van der Waals surface area contributed by atoms with E-state index in [9.17, 15) is 14.9 Å². The van der Waals surface area contributed by atoms with Crippen molar-refractivity contribution in [2.75, 3.05) is 5.32 Å². The topological polar surface area (TPSA) is 104 Å². The number of hydrogen-bond donors (Lipinski definition) is 2. The standard InChI is InChI=1S/C20H19N5O2S/c1-3-16(28-20-14(12-21)10-9-13(2)22-20)19(27)23-17-11-18(26)25(24-17)15-7-5-4-6-8-15/h4-11,16,24H,3H2,1-2H3,(H,23,27). The van der Waals surface area contributed by atoms with Crippen LogP contribution < -0.4 is 10.9 Å². The van der Waals surface area contributed by atoms with Crippen LogP contribution in [0.15, 0.2) is 58.4 Å². The molecule has 3 rings (SSSR count). The third-order valence-corrected chi connectivity index (χ3v) is 5.40.